The summed E-state index contributed by atoms with van der Waals surface area (Å²) in [4.78, 5) is 0. The van der Waals surface area contributed by atoms with E-state index in [4.69, 9.17) is 0 Å². The molecule has 5 unspecified atom stereocenters. The van der Waals surface area contributed by atoms with E-state index in [0.29, 0.717) is 29.7 Å². The average Bonchev–Trinajstić information content (AvgIpc) is 2.67. The number of halogens is 4. The Balaban J connectivity index is 1.51. The highest BCUT2D eigenvalue weighted by Crippen LogP contribution is 2.49. The minimum atomic E-state index is -1.58. The average molecular weight is 394 g/mol. The summed E-state index contributed by atoms with van der Waals surface area (Å²) in [5.74, 6) is 0.597. The molecule has 0 bridgehead atoms. The maximum absolute atomic E-state index is 15.3. The summed E-state index contributed by atoms with van der Waals surface area (Å²) < 4.78 is 55.4. The van der Waals surface area contributed by atoms with Crippen LogP contribution in [0.25, 0.3) is 0 Å². The highest BCUT2D eigenvalue weighted by Gasteiger charge is 2.38. The van der Waals surface area contributed by atoms with Gasteiger partial charge in [-0.3, -0.25) is 0 Å². The molecule has 4 heteroatoms. The van der Waals surface area contributed by atoms with E-state index in [0.717, 1.165) is 75.0 Å². The second-order valence-electron chi connectivity index (χ2n) is 9.30. The summed E-state index contributed by atoms with van der Waals surface area (Å²) in [6.45, 7) is 2.14. The van der Waals surface area contributed by atoms with Crippen LogP contribution in [-0.2, 0) is 12.8 Å². The maximum Gasteiger partial charge on any atom is 0.266 e. The van der Waals surface area contributed by atoms with Crippen LogP contribution in [0.2, 0.25) is 0 Å². The van der Waals surface area contributed by atoms with E-state index < -0.39 is 6.08 Å². The normalized spacial score (nSPS) is 32.4. The molecular weight excluding hydrogens is 364 g/mol. The van der Waals surface area contributed by atoms with Crippen LogP contribution in [0.15, 0.2) is 18.2 Å². The number of allylic oxidation sites excluding steroid dienone is 1. The zero-order valence-corrected chi connectivity index (χ0v) is 16.6. The lowest BCUT2D eigenvalue weighted by Gasteiger charge is -2.42. The van der Waals surface area contributed by atoms with Gasteiger partial charge in [-0.2, -0.15) is 8.78 Å². The number of fused-ring (bicyclic) bond motifs is 2. The standard InChI is InChI=1S/C24H30F4/c1-2-14-4-8-20-19(9-14)13-21(25)23(24(20)28)18-7-6-16-10-15(11-22(26)27)3-5-17(16)12-18/h11,13-18H,2-10,12H2,1H3. The smallest absolute Gasteiger partial charge is 0.207 e. The van der Waals surface area contributed by atoms with E-state index in [1.54, 1.807) is 6.07 Å². The lowest BCUT2D eigenvalue weighted by molar-refractivity contribution is 0.130. The van der Waals surface area contributed by atoms with Gasteiger partial charge in [0.15, 0.2) is 0 Å². The van der Waals surface area contributed by atoms with Crippen LogP contribution < -0.4 is 0 Å². The molecule has 0 aliphatic heterocycles. The van der Waals surface area contributed by atoms with Crippen molar-refractivity contribution in [3.8, 4) is 0 Å². The van der Waals surface area contributed by atoms with E-state index in [1.807, 2.05) is 0 Å². The minimum absolute atomic E-state index is 0.0356. The molecule has 3 aliphatic rings. The lowest BCUT2D eigenvalue weighted by atomic mass is 9.63. The molecule has 1 aromatic rings. The molecule has 2 fully saturated rings. The molecule has 0 heterocycles. The van der Waals surface area contributed by atoms with Crippen molar-refractivity contribution in [1.29, 1.82) is 0 Å². The van der Waals surface area contributed by atoms with Gasteiger partial charge in [0.25, 0.3) is 6.08 Å². The molecule has 3 aliphatic carbocycles. The molecule has 154 valence electrons. The van der Waals surface area contributed by atoms with Crippen molar-refractivity contribution in [2.75, 3.05) is 0 Å². The van der Waals surface area contributed by atoms with Gasteiger partial charge in [-0.1, -0.05) is 13.3 Å². The molecule has 4 rings (SSSR count). The van der Waals surface area contributed by atoms with Crippen molar-refractivity contribution >= 4 is 0 Å². The summed E-state index contributed by atoms with van der Waals surface area (Å²) >= 11 is 0. The van der Waals surface area contributed by atoms with Gasteiger partial charge >= 0.3 is 0 Å². The molecule has 0 nitrogen and oxygen atoms in total. The Morgan fingerprint density at radius 2 is 1.79 bits per heavy atom. The Bertz CT molecular complexity index is 749. The molecule has 0 aromatic heterocycles. The highest BCUT2D eigenvalue weighted by molar-refractivity contribution is 5.39. The van der Waals surface area contributed by atoms with Crippen molar-refractivity contribution in [3.05, 3.63) is 46.5 Å². The SMILES string of the molecule is CCC1CCc2c(cc(F)c(C3CCC4CC(C=C(F)F)CCC4C3)c2F)C1. The van der Waals surface area contributed by atoms with Crippen LogP contribution in [0.3, 0.4) is 0 Å². The Kier molecular flexibility index (Phi) is 5.85. The molecule has 5 atom stereocenters. The van der Waals surface area contributed by atoms with Gasteiger partial charge in [0.05, 0.1) is 0 Å². The predicted molar refractivity (Wildman–Crippen MR) is 103 cm³/mol. The molecule has 1 aromatic carbocycles. The third-order valence-electron chi connectivity index (χ3n) is 7.76. The first kappa shape index (κ1) is 20.0. The van der Waals surface area contributed by atoms with Crippen molar-refractivity contribution < 1.29 is 17.6 Å². The minimum Gasteiger partial charge on any atom is -0.207 e. The summed E-state index contributed by atoms with van der Waals surface area (Å²) in [7, 11) is 0. The quantitative estimate of drug-likeness (QED) is 0.464. The number of rotatable bonds is 3. The summed E-state index contributed by atoms with van der Waals surface area (Å²) in [6.07, 6.45) is 7.96. The Hall–Kier alpha value is -1.32. The van der Waals surface area contributed by atoms with Gasteiger partial charge in [0.2, 0.25) is 0 Å². The number of benzene rings is 1. The first-order valence-corrected chi connectivity index (χ1v) is 11.0. The van der Waals surface area contributed by atoms with Crippen molar-refractivity contribution in [3.63, 3.8) is 0 Å². The van der Waals surface area contributed by atoms with Gasteiger partial charge in [-0.25, -0.2) is 8.78 Å². The fraction of sp³-hybridized carbons (Fsp3) is 0.667. The highest BCUT2D eigenvalue weighted by atomic mass is 19.3. The molecule has 0 saturated heterocycles. The summed E-state index contributed by atoms with van der Waals surface area (Å²) in [6, 6.07) is 1.60. The first-order chi connectivity index (χ1) is 13.5. The maximum atomic E-state index is 15.3. The Morgan fingerprint density at radius 3 is 2.54 bits per heavy atom. The Labute approximate surface area is 165 Å². The van der Waals surface area contributed by atoms with Crippen LogP contribution >= 0.6 is 0 Å². The third kappa shape index (κ3) is 3.89. The molecule has 0 spiro atoms. The lowest BCUT2D eigenvalue weighted by Crippen LogP contribution is -2.31. The molecule has 2 saturated carbocycles. The zero-order chi connectivity index (χ0) is 19.8. The topological polar surface area (TPSA) is 0 Å². The van der Waals surface area contributed by atoms with E-state index in [-0.39, 0.29) is 23.5 Å². The van der Waals surface area contributed by atoms with Crippen molar-refractivity contribution in [1.82, 2.24) is 0 Å². The van der Waals surface area contributed by atoms with Crippen LogP contribution in [0.5, 0.6) is 0 Å². The second-order valence-corrected chi connectivity index (χ2v) is 9.30. The zero-order valence-electron chi connectivity index (χ0n) is 16.6. The van der Waals surface area contributed by atoms with Gasteiger partial charge < -0.3 is 0 Å². The molecular formula is C24H30F4. The summed E-state index contributed by atoms with van der Waals surface area (Å²) in [5, 5.41) is 0. The van der Waals surface area contributed by atoms with Crippen molar-refractivity contribution in [2.45, 2.75) is 77.0 Å². The summed E-state index contributed by atoms with van der Waals surface area (Å²) in [5.41, 5.74) is 1.92. The predicted octanol–water partition coefficient (Wildman–Crippen LogP) is 7.56. The largest absolute Gasteiger partial charge is 0.266 e. The fourth-order valence-corrected chi connectivity index (χ4v) is 6.18. The Morgan fingerprint density at radius 1 is 1.04 bits per heavy atom. The third-order valence-corrected chi connectivity index (χ3v) is 7.76. The molecule has 0 radical (unpaired) electrons. The van der Waals surface area contributed by atoms with Crippen LogP contribution in [0.4, 0.5) is 17.6 Å². The van der Waals surface area contributed by atoms with Crippen LogP contribution in [0.1, 0.15) is 80.9 Å². The van der Waals surface area contributed by atoms with Gasteiger partial charge in [-0.15, -0.1) is 0 Å². The van der Waals surface area contributed by atoms with E-state index >= 15 is 4.39 Å². The molecule has 28 heavy (non-hydrogen) atoms. The second kappa shape index (κ2) is 8.20. The van der Waals surface area contributed by atoms with Crippen LogP contribution in [-0.4, -0.2) is 0 Å². The number of hydrogen-bond acceptors (Lipinski definition) is 0. The monoisotopic (exact) mass is 394 g/mol. The van der Waals surface area contributed by atoms with Crippen LogP contribution in [0, 0.1) is 35.3 Å². The van der Waals surface area contributed by atoms with E-state index in [2.05, 4.69) is 6.92 Å². The van der Waals surface area contributed by atoms with E-state index in [9.17, 15) is 13.2 Å². The molecule has 0 N–H and O–H groups in total. The molecule has 0 amide bonds. The number of hydrogen-bond donors (Lipinski definition) is 0. The first-order valence-electron chi connectivity index (χ1n) is 11.0. The van der Waals surface area contributed by atoms with Gasteiger partial charge in [0, 0.05) is 5.56 Å². The van der Waals surface area contributed by atoms with Crippen molar-refractivity contribution in [2.24, 2.45) is 23.7 Å². The van der Waals surface area contributed by atoms with E-state index in [1.165, 1.54) is 0 Å². The van der Waals surface area contributed by atoms with Gasteiger partial charge in [-0.05, 0) is 111 Å². The fourth-order valence-electron chi connectivity index (χ4n) is 6.18. The van der Waals surface area contributed by atoms with Gasteiger partial charge in [0.1, 0.15) is 11.6 Å².